The predicted molar refractivity (Wildman–Crippen MR) is 78.4 cm³/mol. The summed E-state index contributed by atoms with van der Waals surface area (Å²) in [6.07, 6.45) is 5.69. The lowest BCUT2D eigenvalue weighted by Crippen LogP contribution is -2.29. The Bertz CT molecular complexity index is 410. The molecular weight excluding hydrogens is 234 g/mol. The predicted octanol–water partition coefficient (Wildman–Crippen LogP) is 3.64. The Morgan fingerprint density at radius 3 is 2.37 bits per heavy atom. The van der Waals surface area contributed by atoms with Gasteiger partial charge in [0, 0.05) is 18.6 Å². The number of benzene rings is 1. The summed E-state index contributed by atoms with van der Waals surface area (Å²) in [5, 5.41) is 3.49. The second-order valence-corrected chi connectivity index (χ2v) is 6.09. The van der Waals surface area contributed by atoms with Crippen LogP contribution < -0.4 is 5.32 Å². The Kier molecular flexibility index (Phi) is 3.90. The van der Waals surface area contributed by atoms with Gasteiger partial charge < -0.3 is 10.1 Å². The van der Waals surface area contributed by atoms with Gasteiger partial charge in [0.25, 0.3) is 0 Å². The third kappa shape index (κ3) is 2.56. The van der Waals surface area contributed by atoms with E-state index in [1.807, 2.05) is 0 Å². The molecule has 1 aromatic rings. The second-order valence-electron chi connectivity index (χ2n) is 6.09. The Balaban J connectivity index is 1.75. The van der Waals surface area contributed by atoms with Crippen LogP contribution in [0.4, 0.5) is 0 Å². The van der Waals surface area contributed by atoms with Crippen LogP contribution in [0.5, 0.6) is 0 Å². The van der Waals surface area contributed by atoms with Crippen LogP contribution in [0, 0.1) is 5.92 Å². The Morgan fingerprint density at radius 1 is 1.16 bits per heavy atom. The zero-order chi connectivity index (χ0) is 13.2. The standard InChI is InChI=1S/C17H25NO/c1-12-16(10-11-19-12)17(18-2)15-8-6-14(7-9-15)13-4-3-5-13/h6-9,12-13,16-18H,3-5,10-11H2,1-2H3. The first-order valence-corrected chi connectivity index (χ1v) is 7.68. The van der Waals surface area contributed by atoms with Crippen molar-refractivity contribution in [2.45, 2.75) is 50.7 Å². The Hall–Kier alpha value is -0.860. The van der Waals surface area contributed by atoms with E-state index in [-0.39, 0.29) is 0 Å². The van der Waals surface area contributed by atoms with Gasteiger partial charge in [0.05, 0.1) is 6.10 Å². The fraction of sp³-hybridized carbons (Fsp3) is 0.647. The molecule has 2 fully saturated rings. The van der Waals surface area contributed by atoms with E-state index in [1.165, 1.54) is 30.4 Å². The molecule has 1 saturated carbocycles. The molecule has 2 aliphatic rings. The third-order valence-corrected chi connectivity index (χ3v) is 5.05. The van der Waals surface area contributed by atoms with Crippen molar-refractivity contribution in [3.05, 3.63) is 35.4 Å². The van der Waals surface area contributed by atoms with Gasteiger partial charge in [0.2, 0.25) is 0 Å². The van der Waals surface area contributed by atoms with Crippen molar-refractivity contribution in [3.8, 4) is 0 Å². The van der Waals surface area contributed by atoms with Crippen molar-refractivity contribution in [1.29, 1.82) is 0 Å². The molecule has 0 bridgehead atoms. The molecule has 0 spiro atoms. The van der Waals surface area contributed by atoms with Crippen LogP contribution in [0.15, 0.2) is 24.3 Å². The lowest BCUT2D eigenvalue weighted by atomic mass is 9.79. The Morgan fingerprint density at radius 2 is 1.89 bits per heavy atom. The maximum atomic E-state index is 5.72. The summed E-state index contributed by atoms with van der Waals surface area (Å²) in [6, 6.07) is 9.74. The van der Waals surface area contributed by atoms with E-state index in [0.29, 0.717) is 18.1 Å². The van der Waals surface area contributed by atoms with Gasteiger partial charge in [-0.2, -0.15) is 0 Å². The molecule has 3 unspecified atom stereocenters. The summed E-state index contributed by atoms with van der Waals surface area (Å²) >= 11 is 0. The molecule has 19 heavy (non-hydrogen) atoms. The fourth-order valence-corrected chi connectivity index (χ4v) is 3.53. The highest BCUT2D eigenvalue weighted by Gasteiger charge is 2.32. The van der Waals surface area contributed by atoms with Crippen molar-refractivity contribution in [3.63, 3.8) is 0 Å². The molecule has 3 rings (SSSR count). The summed E-state index contributed by atoms with van der Waals surface area (Å²) in [6.45, 7) is 3.11. The fourth-order valence-electron chi connectivity index (χ4n) is 3.53. The van der Waals surface area contributed by atoms with Crippen molar-refractivity contribution in [2.75, 3.05) is 13.7 Å². The number of rotatable bonds is 4. The van der Waals surface area contributed by atoms with Crippen LogP contribution in [0.3, 0.4) is 0 Å². The van der Waals surface area contributed by atoms with E-state index >= 15 is 0 Å². The minimum atomic E-state index is 0.365. The first-order valence-electron chi connectivity index (χ1n) is 7.68. The summed E-state index contributed by atoms with van der Waals surface area (Å²) < 4.78 is 5.72. The molecule has 104 valence electrons. The molecule has 2 heteroatoms. The van der Waals surface area contributed by atoms with Crippen molar-refractivity contribution < 1.29 is 4.74 Å². The van der Waals surface area contributed by atoms with Crippen LogP contribution in [-0.2, 0) is 4.74 Å². The molecule has 1 aliphatic heterocycles. The lowest BCUT2D eigenvalue weighted by Gasteiger charge is -2.28. The van der Waals surface area contributed by atoms with Crippen molar-refractivity contribution >= 4 is 0 Å². The highest BCUT2D eigenvalue weighted by Crippen LogP contribution is 2.38. The monoisotopic (exact) mass is 259 g/mol. The summed E-state index contributed by atoms with van der Waals surface area (Å²) in [7, 11) is 2.07. The van der Waals surface area contributed by atoms with E-state index < -0.39 is 0 Å². The van der Waals surface area contributed by atoms with Gasteiger partial charge in [0.15, 0.2) is 0 Å². The number of hydrogen-bond donors (Lipinski definition) is 1. The molecule has 1 N–H and O–H groups in total. The molecule has 1 aromatic carbocycles. The van der Waals surface area contributed by atoms with Crippen LogP contribution in [0.25, 0.3) is 0 Å². The molecule has 0 aromatic heterocycles. The summed E-state index contributed by atoms with van der Waals surface area (Å²) in [5.41, 5.74) is 2.94. The minimum Gasteiger partial charge on any atom is -0.378 e. The van der Waals surface area contributed by atoms with E-state index in [1.54, 1.807) is 0 Å². The average Bonchev–Trinajstić information content (AvgIpc) is 2.77. The molecular formula is C17H25NO. The zero-order valence-electron chi connectivity index (χ0n) is 12.1. The molecule has 1 saturated heterocycles. The molecule has 0 radical (unpaired) electrons. The van der Waals surface area contributed by atoms with Gasteiger partial charge in [-0.25, -0.2) is 0 Å². The van der Waals surface area contributed by atoms with Gasteiger partial charge in [-0.05, 0) is 50.3 Å². The normalized spacial score (nSPS) is 29.2. The number of hydrogen-bond acceptors (Lipinski definition) is 2. The number of nitrogens with one attached hydrogen (secondary N) is 1. The molecule has 3 atom stereocenters. The van der Waals surface area contributed by atoms with Crippen LogP contribution in [0.1, 0.15) is 55.7 Å². The van der Waals surface area contributed by atoms with Crippen molar-refractivity contribution in [1.82, 2.24) is 5.32 Å². The highest BCUT2D eigenvalue weighted by molar-refractivity contribution is 5.29. The summed E-state index contributed by atoms with van der Waals surface area (Å²) in [5.74, 6) is 1.43. The lowest BCUT2D eigenvalue weighted by molar-refractivity contribution is 0.0963. The maximum absolute atomic E-state index is 5.72. The minimum absolute atomic E-state index is 0.365. The van der Waals surface area contributed by atoms with Gasteiger partial charge in [-0.15, -0.1) is 0 Å². The first kappa shape index (κ1) is 13.1. The average molecular weight is 259 g/mol. The zero-order valence-corrected chi connectivity index (χ0v) is 12.1. The smallest absolute Gasteiger partial charge is 0.0594 e. The van der Waals surface area contributed by atoms with Gasteiger partial charge in [-0.3, -0.25) is 0 Å². The largest absolute Gasteiger partial charge is 0.378 e. The Labute approximate surface area is 116 Å². The molecule has 1 aliphatic carbocycles. The second kappa shape index (κ2) is 5.64. The molecule has 0 amide bonds. The molecule has 1 heterocycles. The van der Waals surface area contributed by atoms with Crippen LogP contribution in [0.2, 0.25) is 0 Å². The van der Waals surface area contributed by atoms with E-state index in [4.69, 9.17) is 4.74 Å². The van der Waals surface area contributed by atoms with Crippen molar-refractivity contribution in [2.24, 2.45) is 5.92 Å². The van der Waals surface area contributed by atoms with E-state index in [0.717, 1.165) is 18.9 Å². The topological polar surface area (TPSA) is 21.3 Å². The summed E-state index contributed by atoms with van der Waals surface area (Å²) in [4.78, 5) is 0. The highest BCUT2D eigenvalue weighted by atomic mass is 16.5. The quantitative estimate of drug-likeness (QED) is 0.891. The SMILES string of the molecule is CNC(c1ccc(C2CCC2)cc1)C1CCOC1C. The van der Waals surface area contributed by atoms with E-state index in [2.05, 4.69) is 43.6 Å². The first-order chi connectivity index (χ1) is 9.29. The van der Waals surface area contributed by atoms with Gasteiger partial charge in [-0.1, -0.05) is 30.7 Å². The number of ether oxygens (including phenoxy) is 1. The van der Waals surface area contributed by atoms with Crippen LogP contribution in [-0.4, -0.2) is 19.8 Å². The van der Waals surface area contributed by atoms with Gasteiger partial charge in [0.1, 0.15) is 0 Å². The van der Waals surface area contributed by atoms with Gasteiger partial charge >= 0.3 is 0 Å². The molecule has 2 nitrogen and oxygen atoms in total. The maximum Gasteiger partial charge on any atom is 0.0594 e. The van der Waals surface area contributed by atoms with E-state index in [9.17, 15) is 0 Å². The third-order valence-electron chi connectivity index (χ3n) is 5.05. The van der Waals surface area contributed by atoms with Crippen LogP contribution >= 0.6 is 0 Å².